The molecule has 1 aromatic heterocycles. The second-order valence-electron chi connectivity index (χ2n) is 5.04. The Morgan fingerprint density at radius 1 is 1.44 bits per heavy atom. The minimum Gasteiger partial charge on any atom is -0.383 e. The van der Waals surface area contributed by atoms with Crippen molar-refractivity contribution in [2.24, 2.45) is 0 Å². The molecule has 0 atom stereocenters. The highest BCUT2D eigenvalue weighted by Gasteiger charge is 2.20. The second-order valence-corrected chi connectivity index (χ2v) is 5.04. The van der Waals surface area contributed by atoms with Gasteiger partial charge < -0.3 is 15.0 Å². The number of aryl methyl sites for hydroxylation is 1. The lowest BCUT2D eigenvalue weighted by Crippen LogP contribution is -2.24. The van der Waals surface area contributed by atoms with Gasteiger partial charge in [-0.05, 0) is 37.5 Å². The van der Waals surface area contributed by atoms with Crippen molar-refractivity contribution in [1.29, 1.82) is 0 Å². The van der Waals surface area contributed by atoms with E-state index in [-0.39, 0.29) is 0 Å². The molecule has 0 amide bonds. The Morgan fingerprint density at radius 2 is 2.22 bits per heavy atom. The molecule has 0 aliphatic heterocycles. The van der Waals surface area contributed by atoms with Crippen molar-refractivity contribution >= 4 is 5.82 Å². The standard InChI is InChI=1S/C14H23N3O/c1-11-8-12(10-15-13-4-5-13)9-14(16-11)17(2)6-7-18-3/h8-9,13,15H,4-7,10H2,1-3H3. The van der Waals surface area contributed by atoms with Gasteiger partial charge in [-0.2, -0.15) is 0 Å². The van der Waals surface area contributed by atoms with Gasteiger partial charge in [0.15, 0.2) is 0 Å². The monoisotopic (exact) mass is 249 g/mol. The zero-order valence-corrected chi connectivity index (χ0v) is 11.6. The van der Waals surface area contributed by atoms with Gasteiger partial charge in [-0.25, -0.2) is 4.98 Å². The smallest absolute Gasteiger partial charge is 0.128 e. The summed E-state index contributed by atoms with van der Waals surface area (Å²) >= 11 is 0. The molecule has 18 heavy (non-hydrogen) atoms. The van der Waals surface area contributed by atoms with Crippen LogP contribution in [0.1, 0.15) is 24.1 Å². The number of nitrogens with one attached hydrogen (secondary N) is 1. The Kier molecular flexibility index (Phi) is 4.55. The molecule has 100 valence electrons. The normalized spacial score (nSPS) is 14.8. The largest absolute Gasteiger partial charge is 0.383 e. The van der Waals surface area contributed by atoms with Gasteiger partial charge in [0.25, 0.3) is 0 Å². The Bertz CT molecular complexity index is 391. The van der Waals surface area contributed by atoms with E-state index in [1.54, 1.807) is 7.11 Å². The number of ether oxygens (including phenoxy) is 1. The molecule has 1 saturated carbocycles. The summed E-state index contributed by atoms with van der Waals surface area (Å²) in [6.07, 6.45) is 2.65. The lowest BCUT2D eigenvalue weighted by molar-refractivity contribution is 0.206. The predicted molar refractivity (Wildman–Crippen MR) is 74.0 cm³/mol. The Hall–Kier alpha value is -1.13. The van der Waals surface area contributed by atoms with Crippen LogP contribution < -0.4 is 10.2 Å². The Balaban J connectivity index is 1.99. The average Bonchev–Trinajstić information content (AvgIpc) is 3.17. The molecule has 1 aliphatic carbocycles. The summed E-state index contributed by atoms with van der Waals surface area (Å²) in [4.78, 5) is 6.71. The van der Waals surface area contributed by atoms with Crippen LogP contribution in [0.3, 0.4) is 0 Å². The first-order chi connectivity index (χ1) is 8.69. The third-order valence-electron chi connectivity index (χ3n) is 3.19. The summed E-state index contributed by atoms with van der Waals surface area (Å²) in [7, 11) is 3.78. The topological polar surface area (TPSA) is 37.4 Å². The molecule has 0 bridgehead atoms. The number of methoxy groups -OCH3 is 1. The van der Waals surface area contributed by atoms with E-state index in [1.165, 1.54) is 18.4 Å². The van der Waals surface area contributed by atoms with E-state index >= 15 is 0 Å². The van der Waals surface area contributed by atoms with Crippen LogP contribution in [0.4, 0.5) is 5.82 Å². The van der Waals surface area contributed by atoms with Crippen molar-refractivity contribution in [3.63, 3.8) is 0 Å². The second kappa shape index (κ2) is 6.16. The maximum atomic E-state index is 5.10. The van der Waals surface area contributed by atoms with E-state index in [2.05, 4.69) is 34.4 Å². The van der Waals surface area contributed by atoms with Gasteiger partial charge in [-0.3, -0.25) is 0 Å². The maximum Gasteiger partial charge on any atom is 0.128 e. The summed E-state index contributed by atoms with van der Waals surface area (Å²) < 4.78 is 5.10. The fourth-order valence-corrected chi connectivity index (χ4v) is 1.91. The third-order valence-corrected chi connectivity index (χ3v) is 3.19. The van der Waals surface area contributed by atoms with Crippen LogP contribution >= 0.6 is 0 Å². The Labute approximate surface area is 109 Å². The summed E-state index contributed by atoms with van der Waals surface area (Å²) in [5.41, 5.74) is 2.39. The van der Waals surface area contributed by atoms with E-state index in [9.17, 15) is 0 Å². The Morgan fingerprint density at radius 3 is 2.89 bits per heavy atom. The summed E-state index contributed by atoms with van der Waals surface area (Å²) in [5, 5.41) is 3.54. The van der Waals surface area contributed by atoms with Crippen LogP contribution in [-0.2, 0) is 11.3 Å². The molecule has 4 nitrogen and oxygen atoms in total. The summed E-state index contributed by atoms with van der Waals surface area (Å²) in [5.74, 6) is 1.03. The molecule has 1 N–H and O–H groups in total. The summed E-state index contributed by atoms with van der Waals surface area (Å²) in [6.45, 7) is 4.58. The molecule has 4 heteroatoms. The van der Waals surface area contributed by atoms with Crippen LogP contribution in [0.5, 0.6) is 0 Å². The van der Waals surface area contributed by atoms with Crippen molar-refractivity contribution in [2.45, 2.75) is 32.4 Å². The number of rotatable bonds is 7. The molecular weight excluding hydrogens is 226 g/mol. The van der Waals surface area contributed by atoms with Crippen molar-refractivity contribution in [1.82, 2.24) is 10.3 Å². The first kappa shape index (κ1) is 13.3. The van der Waals surface area contributed by atoms with E-state index in [4.69, 9.17) is 4.74 Å². The van der Waals surface area contributed by atoms with Crippen LogP contribution in [0.25, 0.3) is 0 Å². The van der Waals surface area contributed by atoms with Crippen LogP contribution in [0.2, 0.25) is 0 Å². The van der Waals surface area contributed by atoms with Gasteiger partial charge in [-0.1, -0.05) is 0 Å². The number of hydrogen-bond donors (Lipinski definition) is 1. The van der Waals surface area contributed by atoms with Crippen LogP contribution in [-0.4, -0.2) is 38.3 Å². The van der Waals surface area contributed by atoms with Crippen LogP contribution in [0, 0.1) is 6.92 Å². The molecule has 1 fully saturated rings. The van der Waals surface area contributed by atoms with Gasteiger partial charge in [0.05, 0.1) is 6.61 Å². The molecular formula is C14H23N3O. The number of nitrogens with zero attached hydrogens (tertiary/aromatic N) is 2. The lowest BCUT2D eigenvalue weighted by atomic mass is 10.2. The number of hydrogen-bond acceptors (Lipinski definition) is 4. The number of pyridine rings is 1. The van der Waals surface area contributed by atoms with E-state index in [0.29, 0.717) is 0 Å². The minimum absolute atomic E-state index is 0.724. The van der Waals surface area contributed by atoms with Gasteiger partial charge in [0, 0.05) is 39.0 Å². The average molecular weight is 249 g/mol. The van der Waals surface area contributed by atoms with E-state index < -0.39 is 0 Å². The fourth-order valence-electron chi connectivity index (χ4n) is 1.91. The first-order valence-corrected chi connectivity index (χ1v) is 6.60. The highest BCUT2D eigenvalue weighted by molar-refractivity contribution is 5.41. The molecule has 0 spiro atoms. The third kappa shape index (κ3) is 3.96. The molecule has 1 aliphatic rings. The van der Waals surface area contributed by atoms with Gasteiger partial charge in [-0.15, -0.1) is 0 Å². The quantitative estimate of drug-likeness (QED) is 0.798. The van der Waals surface area contributed by atoms with E-state index in [0.717, 1.165) is 37.3 Å². The zero-order valence-electron chi connectivity index (χ0n) is 11.6. The van der Waals surface area contributed by atoms with Gasteiger partial charge >= 0.3 is 0 Å². The fraction of sp³-hybridized carbons (Fsp3) is 0.643. The molecule has 1 aromatic rings. The number of likely N-dealkylation sites (N-methyl/N-ethyl adjacent to an activating group) is 1. The van der Waals surface area contributed by atoms with Crippen molar-refractivity contribution in [3.8, 4) is 0 Å². The SMILES string of the molecule is COCCN(C)c1cc(CNC2CC2)cc(C)n1. The van der Waals surface area contributed by atoms with E-state index in [1.807, 2.05) is 6.92 Å². The highest BCUT2D eigenvalue weighted by atomic mass is 16.5. The molecule has 2 rings (SSSR count). The zero-order chi connectivity index (χ0) is 13.0. The van der Waals surface area contributed by atoms with Crippen molar-refractivity contribution in [2.75, 3.05) is 32.2 Å². The maximum absolute atomic E-state index is 5.10. The van der Waals surface area contributed by atoms with Gasteiger partial charge in [0.2, 0.25) is 0 Å². The molecule has 1 heterocycles. The van der Waals surface area contributed by atoms with Crippen LogP contribution in [0.15, 0.2) is 12.1 Å². The minimum atomic E-state index is 0.724. The number of anilines is 1. The molecule has 0 aromatic carbocycles. The lowest BCUT2D eigenvalue weighted by Gasteiger charge is -2.19. The number of aromatic nitrogens is 1. The van der Waals surface area contributed by atoms with Crippen molar-refractivity contribution < 1.29 is 4.74 Å². The molecule has 0 saturated heterocycles. The summed E-state index contributed by atoms with van der Waals surface area (Å²) in [6, 6.07) is 5.06. The van der Waals surface area contributed by atoms with Gasteiger partial charge in [0.1, 0.15) is 5.82 Å². The highest BCUT2D eigenvalue weighted by Crippen LogP contribution is 2.20. The first-order valence-electron chi connectivity index (χ1n) is 6.60. The van der Waals surface area contributed by atoms with Crippen molar-refractivity contribution in [3.05, 3.63) is 23.4 Å². The predicted octanol–water partition coefficient (Wildman–Crippen LogP) is 1.72. The molecule has 0 unspecified atom stereocenters. The molecule has 0 radical (unpaired) electrons.